The van der Waals surface area contributed by atoms with Gasteiger partial charge in [0.05, 0.1) is 0 Å². The third-order valence-corrected chi connectivity index (χ3v) is 3.82. The summed E-state index contributed by atoms with van der Waals surface area (Å²) in [4.78, 5) is 0. The monoisotopic (exact) mass is 267 g/mol. The van der Waals surface area contributed by atoms with Crippen LogP contribution in [0.4, 0.5) is 0 Å². The largest absolute Gasteiger partial charge is 0.309 e. The molecule has 0 aliphatic carbocycles. The van der Waals surface area contributed by atoms with E-state index in [-0.39, 0.29) is 0 Å². The maximum absolute atomic E-state index is 3.68. The zero-order valence-corrected chi connectivity index (χ0v) is 11.2. The third-order valence-electron chi connectivity index (χ3n) is 3.12. The Morgan fingerprint density at radius 3 is 2.80 bits per heavy atom. The van der Waals surface area contributed by atoms with Crippen LogP contribution in [-0.2, 0) is 6.42 Å². The molecule has 0 radical (unpaired) electrons. The van der Waals surface area contributed by atoms with Gasteiger partial charge in [-0.2, -0.15) is 0 Å². The van der Waals surface area contributed by atoms with E-state index in [1.165, 1.54) is 21.2 Å². The van der Waals surface area contributed by atoms with Crippen LogP contribution in [0.15, 0.2) is 16.6 Å². The van der Waals surface area contributed by atoms with E-state index in [0.717, 1.165) is 13.0 Å². The molecule has 1 heterocycles. The van der Waals surface area contributed by atoms with Gasteiger partial charge in [0.15, 0.2) is 0 Å². The number of hydrogen-bond donors (Lipinski definition) is 1. The summed E-state index contributed by atoms with van der Waals surface area (Å²) >= 11 is 3.68. The molecule has 0 spiro atoms. The highest BCUT2D eigenvalue weighted by Crippen LogP contribution is 2.33. The first-order chi connectivity index (χ1) is 7.09. The smallest absolute Gasteiger partial charge is 0.0346 e. The number of benzene rings is 1. The maximum Gasteiger partial charge on any atom is 0.0346 e. The van der Waals surface area contributed by atoms with Crippen LogP contribution >= 0.6 is 15.9 Å². The fourth-order valence-corrected chi connectivity index (χ4v) is 3.19. The Bertz CT molecular complexity index is 371. The molecule has 1 aromatic rings. The molecular weight excluding hydrogens is 250 g/mol. The number of nitrogens with one attached hydrogen (secondary N) is 1. The van der Waals surface area contributed by atoms with Crippen LogP contribution in [0.25, 0.3) is 0 Å². The van der Waals surface area contributed by atoms with Crippen molar-refractivity contribution < 1.29 is 0 Å². The van der Waals surface area contributed by atoms with E-state index in [4.69, 9.17) is 0 Å². The van der Waals surface area contributed by atoms with E-state index < -0.39 is 0 Å². The van der Waals surface area contributed by atoms with Gasteiger partial charge in [-0.15, -0.1) is 0 Å². The summed E-state index contributed by atoms with van der Waals surface area (Å²) < 4.78 is 1.28. The second kappa shape index (κ2) is 4.26. The van der Waals surface area contributed by atoms with Crippen LogP contribution in [0.5, 0.6) is 0 Å². The van der Waals surface area contributed by atoms with Gasteiger partial charge in [0.2, 0.25) is 0 Å². The first kappa shape index (κ1) is 11.2. The maximum atomic E-state index is 3.68. The van der Waals surface area contributed by atoms with Crippen molar-refractivity contribution in [2.75, 3.05) is 6.54 Å². The predicted molar refractivity (Wildman–Crippen MR) is 68.2 cm³/mol. The molecule has 82 valence electrons. The molecule has 15 heavy (non-hydrogen) atoms. The number of fused-ring (bicyclic) bond motifs is 1. The molecule has 0 bridgehead atoms. The van der Waals surface area contributed by atoms with Crippen LogP contribution in [-0.4, -0.2) is 6.54 Å². The zero-order valence-electron chi connectivity index (χ0n) is 9.60. The van der Waals surface area contributed by atoms with Crippen molar-refractivity contribution in [2.24, 2.45) is 5.92 Å². The van der Waals surface area contributed by atoms with Crippen LogP contribution in [0, 0.1) is 12.8 Å². The van der Waals surface area contributed by atoms with Gasteiger partial charge in [-0.25, -0.2) is 0 Å². The second-order valence-corrected chi connectivity index (χ2v) is 5.59. The highest BCUT2D eigenvalue weighted by molar-refractivity contribution is 9.10. The molecule has 0 saturated heterocycles. The molecule has 2 rings (SSSR count). The molecule has 1 atom stereocenters. The summed E-state index contributed by atoms with van der Waals surface area (Å²) in [7, 11) is 0. The standard InChI is InChI=1S/C13H18BrN/c1-8(2)13-11-6-9(3)7-12(14)10(11)4-5-15-13/h6-8,13,15H,4-5H2,1-3H3. The Morgan fingerprint density at radius 1 is 1.40 bits per heavy atom. The van der Waals surface area contributed by atoms with Crippen molar-refractivity contribution in [1.82, 2.24) is 5.32 Å². The summed E-state index contributed by atoms with van der Waals surface area (Å²) in [6.45, 7) is 7.82. The molecule has 0 fully saturated rings. The van der Waals surface area contributed by atoms with Crippen molar-refractivity contribution >= 4 is 15.9 Å². The molecule has 0 saturated carbocycles. The quantitative estimate of drug-likeness (QED) is 0.820. The Balaban J connectivity index is 2.50. The van der Waals surface area contributed by atoms with Gasteiger partial charge in [-0.1, -0.05) is 35.8 Å². The van der Waals surface area contributed by atoms with Crippen LogP contribution in [0.1, 0.15) is 36.6 Å². The summed E-state index contributed by atoms with van der Waals surface area (Å²) in [6.07, 6.45) is 1.14. The van der Waals surface area contributed by atoms with Gasteiger partial charge in [-0.05, 0) is 48.6 Å². The minimum atomic E-state index is 0.518. The fraction of sp³-hybridized carbons (Fsp3) is 0.538. The molecule has 1 aliphatic heterocycles. The molecule has 1 N–H and O–H groups in total. The average molecular weight is 268 g/mol. The Hall–Kier alpha value is -0.340. The SMILES string of the molecule is Cc1cc(Br)c2c(c1)C(C(C)C)NCC2. The highest BCUT2D eigenvalue weighted by atomic mass is 79.9. The summed E-state index contributed by atoms with van der Waals surface area (Å²) in [5.74, 6) is 0.651. The normalized spacial score (nSPS) is 20.5. The van der Waals surface area contributed by atoms with Crippen LogP contribution in [0.3, 0.4) is 0 Å². The molecule has 1 unspecified atom stereocenters. The lowest BCUT2D eigenvalue weighted by Gasteiger charge is -2.31. The van der Waals surface area contributed by atoms with E-state index in [0.29, 0.717) is 12.0 Å². The van der Waals surface area contributed by atoms with E-state index >= 15 is 0 Å². The van der Waals surface area contributed by atoms with E-state index in [2.05, 4.69) is 54.2 Å². The minimum Gasteiger partial charge on any atom is -0.309 e. The van der Waals surface area contributed by atoms with E-state index in [1.807, 2.05) is 0 Å². The lowest BCUT2D eigenvalue weighted by molar-refractivity contribution is 0.394. The van der Waals surface area contributed by atoms with Crippen molar-refractivity contribution in [1.29, 1.82) is 0 Å². The first-order valence-electron chi connectivity index (χ1n) is 5.62. The summed E-state index contributed by atoms with van der Waals surface area (Å²) in [6, 6.07) is 5.07. The van der Waals surface area contributed by atoms with Gasteiger partial charge in [-0.3, -0.25) is 0 Å². The number of hydrogen-bond acceptors (Lipinski definition) is 1. The fourth-order valence-electron chi connectivity index (χ4n) is 2.40. The van der Waals surface area contributed by atoms with Crippen molar-refractivity contribution in [3.8, 4) is 0 Å². The number of aryl methyl sites for hydroxylation is 1. The lowest BCUT2D eigenvalue weighted by atomic mass is 9.87. The van der Waals surface area contributed by atoms with Crippen LogP contribution < -0.4 is 5.32 Å². The van der Waals surface area contributed by atoms with Crippen molar-refractivity contribution in [3.63, 3.8) is 0 Å². The molecule has 0 amide bonds. The van der Waals surface area contributed by atoms with Gasteiger partial charge in [0.1, 0.15) is 0 Å². The zero-order chi connectivity index (χ0) is 11.0. The Morgan fingerprint density at radius 2 is 2.13 bits per heavy atom. The van der Waals surface area contributed by atoms with Gasteiger partial charge < -0.3 is 5.32 Å². The topological polar surface area (TPSA) is 12.0 Å². The summed E-state index contributed by atoms with van der Waals surface area (Å²) in [5.41, 5.74) is 4.33. The molecule has 0 aromatic heterocycles. The molecular formula is C13H18BrN. The van der Waals surface area contributed by atoms with Gasteiger partial charge in [0, 0.05) is 10.5 Å². The molecule has 2 heteroatoms. The van der Waals surface area contributed by atoms with Crippen LogP contribution in [0.2, 0.25) is 0 Å². The van der Waals surface area contributed by atoms with E-state index in [1.54, 1.807) is 0 Å². The highest BCUT2D eigenvalue weighted by Gasteiger charge is 2.23. The average Bonchev–Trinajstić information content (AvgIpc) is 2.16. The summed E-state index contributed by atoms with van der Waals surface area (Å²) in [5, 5.41) is 3.61. The lowest BCUT2D eigenvalue weighted by Crippen LogP contribution is -2.33. The minimum absolute atomic E-state index is 0.518. The first-order valence-corrected chi connectivity index (χ1v) is 6.41. The predicted octanol–water partition coefficient (Wildman–Crippen LogP) is 3.60. The second-order valence-electron chi connectivity index (χ2n) is 4.74. The Kier molecular flexibility index (Phi) is 3.17. The van der Waals surface area contributed by atoms with Gasteiger partial charge >= 0.3 is 0 Å². The third kappa shape index (κ3) is 2.11. The molecule has 1 aliphatic rings. The van der Waals surface area contributed by atoms with Crippen molar-refractivity contribution in [2.45, 2.75) is 33.2 Å². The van der Waals surface area contributed by atoms with Crippen molar-refractivity contribution in [3.05, 3.63) is 33.3 Å². The number of halogens is 1. The van der Waals surface area contributed by atoms with Gasteiger partial charge in [0.25, 0.3) is 0 Å². The van der Waals surface area contributed by atoms with E-state index in [9.17, 15) is 0 Å². The number of rotatable bonds is 1. The molecule has 1 aromatic carbocycles. The Labute approximate surface area is 100 Å². The molecule has 1 nitrogen and oxygen atoms in total.